The molecule has 0 spiro atoms. The molecule has 0 saturated heterocycles. The Hall–Kier alpha value is -0.950. The van der Waals surface area contributed by atoms with E-state index in [0.717, 1.165) is 18.1 Å². The van der Waals surface area contributed by atoms with E-state index in [0.29, 0.717) is 25.2 Å². The zero-order chi connectivity index (χ0) is 15.5. The van der Waals surface area contributed by atoms with E-state index in [1.54, 1.807) is 14.2 Å². The summed E-state index contributed by atoms with van der Waals surface area (Å²) in [7, 11) is 3.34. The first-order valence-corrected chi connectivity index (χ1v) is 8.74. The van der Waals surface area contributed by atoms with Crippen LogP contribution in [0.15, 0.2) is 4.99 Å². The molecular weight excluding hydrogens is 288 g/mol. The number of amides is 1. The Morgan fingerprint density at radius 3 is 2.86 bits per heavy atom. The van der Waals surface area contributed by atoms with Crippen LogP contribution >= 0.6 is 11.8 Å². The molecule has 0 aromatic heterocycles. The van der Waals surface area contributed by atoms with Gasteiger partial charge >= 0.3 is 0 Å². The molecule has 1 amide bonds. The van der Waals surface area contributed by atoms with Crippen molar-refractivity contribution in [3.8, 4) is 0 Å². The van der Waals surface area contributed by atoms with Crippen molar-refractivity contribution in [2.75, 3.05) is 40.1 Å². The molecule has 1 aliphatic rings. The van der Waals surface area contributed by atoms with E-state index in [1.165, 1.54) is 12.8 Å². The minimum absolute atomic E-state index is 0.0550. The van der Waals surface area contributed by atoms with Crippen molar-refractivity contribution in [1.82, 2.24) is 16.0 Å². The summed E-state index contributed by atoms with van der Waals surface area (Å²) >= 11 is 1.94. The highest BCUT2D eigenvalue weighted by Gasteiger charge is 2.21. The zero-order valence-corrected chi connectivity index (χ0v) is 14.1. The summed E-state index contributed by atoms with van der Waals surface area (Å²) in [6.07, 6.45) is 7.04. The lowest BCUT2D eigenvalue weighted by Crippen LogP contribution is -2.48. The van der Waals surface area contributed by atoms with Gasteiger partial charge in [-0.25, -0.2) is 0 Å². The normalized spacial score (nSPS) is 22.7. The molecule has 6 nitrogen and oxygen atoms in total. The van der Waals surface area contributed by atoms with Gasteiger partial charge in [-0.05, 0) is 25.5 Å². The summed E-state index contributed by atoms with van der Waals surface area (Å²) in [5, 5.41) is 9.97. The van der Waals surface area contributed by atoms with Crippen molar-refractivity contribution in [1.29, 1.82) is 0 Å². The van der Waals surface area contributed by atoms with Crippen LogP contribution in [0.25, 0.3) is 0 Å². The van der Waals surface area contributed by atoms with E-state index in [4.69, 9.17) is 4.74 Å². The van der Waals surface area contributed by atoms with Gasteiger partial charge in [0.15, 0.2) is 5.96 Å². The second-order valence-electron chi connectivity index (χ2n) is 5.13. The van der Waals surface area contributed by atoms with Gasteiger partial charge in [-0.1, -0.05) is 6.42 Å². The molecule has 122 valence electrons. The lowest BCUT2D eigenvalue weighted by molar-refractivity contribution is -0.120. The van der Waals surface area contributed by atoms with Crippen molar-refractivity contribution in [3.63, 3.8) is 0 Å². The van der Waals surface area contributed by atoms with E-state index in [1.807, 2.05) is 11.8 Å². The first-order chi connectivity index (χ1) is 10.2. The number of hydrogen-bond donors (Lipinski definition) is 3. The Labute approximate surface area is 131 Å². The molecule has 2 atom stereocenters. The fourth-order valence-electron chi connectivity index (χ4n) is 2.40. The number of ether oxygens (including phenoxy) is 1. The van der Waals surface area contributed by atoms with Gasteiger partial charge in [-0.15, -0.1) is 0 Å². The van der Waals surface area contributed by atoms with Gasteiger partial charge in [0, 0.05) is 32.0 Å². The second kappa shape index (κ2) is 10.7. The molecule has 3 N–H and O–H groups in total. The predicted molar refractivity (Wildman–Crippen MR) is 88.9 cm³/mol. The largest absolute Gasteiger partial charge is 0.383 e. The second-order valence-corrected chi connectivity index (χ2v) is 6.27. The SMILES string of the molecule is CN=C(NCC(=O)NCCOC)NC1CCCC(SC)C1. The lowest BCUT2D eigenvalue weighted by atomic mass is 9.95. The smallest absolute Gasteiger partial charge is 0.239 e. The van der Waals surface area contributed by atoms with Crippen molar-refractivity contribution >= 4 is 23.6 Å². The monoisotopic (exact) mass is 316 g/mol. The average molecular weight is 316 g/mol. The first-order valence-electron chi connectivity index (χ1n) is 7.45. The van der Waals surface area contributed by atoms with Gasteiger partial charge in [-0.3, -0.25) is 9.79 Å². The van der Waals surface area contributed by atoms with E-state index in [-0.39, 0.29) is 12.5 Å². The van der Waals surface area contributed by atoms with Gasteiger partial charge in [0.2, 0.25) is 5.91 Å². The van der Waals surface area contributed by atoms with E-state index in [2.05, 4.69) is 27.2 Å². The minimum atomic E-state index is -0.0550. The van der Waals surface area contributed by atoms with Crippen LogP contribution < -0.4 is 16.0 Å². The topological polar surface area (TPSA) is 74.8 Å². The summed E-state index contributed by atoms with van der Waals surface area (Å²) in [5.74, 6) is 0.643. The molecule has 1 saturated carbocycles. The summed E-state index contributed by atoms with van der Waals surface area (Å²) in [6.45, 7) is 1.28. The number of hydrogen-bond acceptors (Lipinski definition) is 4. The molecule has 0 aliphatic heterocycles. The Morgan fingerprint density at radius 1 is 1.38 bits per heavy atom. The van der Waals surface area contributed by atoms with Crippen LogP contribution in [0.3, 0.4) is 0 Å². The van der Waals surface area contributed by atoms with Crippen LogP contribution in [-0.2, 0) is 9.53 Å². The number of thioether (sulfide) groups is 1. The van der Waals surface area contributed by atoms with Crippen LogP contribution in [0.5, 0.6) is 0 Å². The number of rotatable bonds is 7. The maximum atomic E-state index is 11.6. The Kier molecular flexibility index (Phi) is 9.25. The number of nitrogens with one attached hydrogen (secondary N) is 3. The fraction of sp³-hybridized carbons (Fsp3) is 0.857. The highest BCUT2D eigenvalue weighted by atomic mass is 32.2. The third kappa shape index (κ3) is 7.57. The average Bonchev–Trinajstić information content (AvgIpc) is 2.51. The molecule has 0 aromatic carbocycles. The Bertz CT molecular complexity index is 339. The number of carbonyl (C=O) groups excluding carboxylic acids is 1. The number of guanidine groups is 1. The molecule has 0 radical (unpaired) electrons. The van der Waals surface area contributed by atoms with Crippen molar-refractivity contribution in [3.05, 3.63) is 0 Å². The summed E-state index contributed by atoms with van der Waals surface area (Å²) in [4.78, 5) is 15.8. The molecule has 1 fully saturated rings. The van der Waals surface area contributed by atoms with Crippen LogP contribution in [0.2, 0.25) is 0 Å². The Balaban J connectivity index is 2.27. The highest BCUT2D eigenvalue weighted by molar-refractivity contribution is 7.99. The number of methoxy groups -OCH3 is 1. The lowest BCUT2D eigenvalue weighted by Gasteiger charge is -2.29. The molecule has 0 aromatic rings. The minimum Gasteiger partial charge on any atom is -0.383 e. The molecule has 21 heavy (non-hydrogen) atoms. The molecule has 7 heteroatoms. The third-order valence-electron chi connectivity index (χ3n) is 3.57. The summed E-state index contributed by atoms with van der Waals surface area (Å²) in [6, 6.07) is 0.443. The summed E-state index contributed by atoms with van der Waals surface area (Å²) < 4.78 is 4.89. The van der Waals surface area contributed by atoms with Crippen molar-refractivity contribution in [2.45, 2.75) is 37.0 Å². The number of aliphatic imine (C=N–C) groups is 1. The van der Waals surface area contributed by atoms with Crippen LogP contribution in [0.4, 0.5) is 0 Å². The number of nitrogens with zero attached hydrogens (tertiary/aromatic N) is 1. The summed E-state index contributed by atoms with van der Waals surface area (Å²) in [5.41, 5.74) is 0. The predicted octanol–water partition coefficient (Wildman–Crippen LogP) is 0.588. The Morgan fingerprint density at radius 2 is 2.19 bits per heavy atom. The van der Waals surface area contributed by atoms with Crippen molar-refractivity contribution < 1.29 is 9.53 Å². The van der Waals surface area contributed by atoms with Gasteiger partial charge < -0.3 is 20.7 Å². The van der Waals surface area contributed by atoms with Crippen LogP contribution in [0.1, 0.15) is 25.7 Å². The van der Waals surface area contributed by atoms with Gasteiger partial charge in [-0.2, -0.15) is 11.8 Å². The fourth-order valence-corrected chi connectivity index (χ4v) is 3.22. The molecule has 0 heterocycles. The standard InChI is InChI=1S/C14H28N4O2S/c1-15-14(17-10-13(19)16-7-8-20-2)18-11-5-4-6-12(9-11)21-3/h11-12H,4-10H2,1-3H3,(H,16,19)(H2,15,17,18). The quantitative estimate of drug-likeness (QED) is 0.364. The highest BCUT2D eigenvalue weighted by Crippen LogP contribution is 2.26. The van der Waals surface area contributed by atoms with E-state index < -0.39 is 0 Å². The molecule has 1 rings (SSSR count). The van der Waals surface area contributed by atoms with Crippen molar-refractivity contribution in [2.24, 2.45) is 4.99 Å². The molecular formula is C14H28N4O2S. The third-order valence-corrected chi connectivity index (χ3v) is 4.66. The van der Waals surface area contributed by atoms with Crippen LogP contribution in [-0.4, -0.2) is 63.3 Å². The molecule has 2 unspecified atom stereocenters. The maximum absolute atomic E-state index is 11.6. The number of carbonyl (C=O) groups is 1. The van der Waals surface area contributed by atoms with E-state index >= 15 is 0 Å². The molecule has 0 bridgehead atoms. The van der Waals surface area contributed by atoms with Gasteiger partial charge in [0.1, 0.15) is 0 Å². The van der Waals surface area contributed by atoms with Crippen LogP contribution in [0, 0.1) is 0 Å². The maximum Gasteiger partial charge on any atom is 0.239 e. The first kappa shape index (κ1) is 18.1. The van der Waals surface area contributed by atoms with E-state index in [9.17, 15) is 4.79 Å². The zero-order valence-electron chi connectivity index (χ0n) is 13.3. The van der Waals surface area contributed by atoms with Gasteiger partial charge in [0.05, 0.1) is 13.2 Å². The molecule has 1 aliphatic carbocycles. The van der Waals surface area contributed by atoms with Gasteiger partial charge in [0.25, 0.3) is 0 Å².